The van der Waals surface area contributed by atoms with Gasteiger partial charge < -0.3 is 14.5 Å². The zero-order valence-electron chi connectivity index (χ0n) is 11.9. The van der Waals surface area contributed by atoms with Crippen LogP contribution in [0.2, 0.25) is 5.02 Å². The van der Waals surface area contributed by atoms with Gasteiger partial charge in [0.15, 0.2) is 0 Å². The van der Waals surface area contributed by atoms with E-state index in [1.54, 1.807) is 13.2 Å². The molecule has 0 aliphatic rings. The molecule has 2 aromatic rings. The Bertz CT molecular complexity index is 666. The predicted octanol–water partition coefficient (Wildman–Crippen LogP) is 1.85. The van der Waals surface area contributed by atoms with Crippen LogP contribution in [-0.4, -0.2) is 19.8 Å². The first-order valence-corrected chi connectivity index (χ1v) is 6.94. The number of hydrogen-bond donors (Lipinski definition) is 1. The van der Waals surface area contributed by atoms with Crippen molar-refractivity contribution in [3.05, 3.63) is 44.8 Å². The number of hydrogen-bond acceptors (Lipinski definition) is 3. The quantitative estimate of drug-likeness (QED) is 0.857. The molecule has 4 nitrogen and oxygen atoms in total. The summed E-state index contributed by atoms with van der Waals surface area (Å²) >= 11 is 6.16. The van der Waals surface area contributed by atoms with Gasteiger partial charge in [-0.2, -0.15) is 0 Å². The van der Waals surface area contributed by atoms with Gasteiger partial charge in [-0.1, -0.05) is 11.6 Å². The van der Waals surface area contributed by atoms with Crippen LogP contribution in [0.25, 0.3) is 11.0 Å². The molecule has 0 aliphatic heterocycles. The fraction of sp³-hybridized carbons (Fsp3) is 0.400. The molecule has 1 heterocycles. The first-order valence-electron chi connectivity index (χ1n) is 6.56. The van der Waals surface area contributed by atoms with Crippen molar-refractivity contribution in [2.45, 2.75) is 26.4 Å². The van der Waals surface area contributed by atoms with Crippen LogP contribution in [0.15, 0.2) is 27.4 Å². The Balaban J connectivity index is 2.37. The average Bonchev–Trinajstić information content (AvgIpc) is 2.38. The zero-order chi connectivity index (χ0) is 14.7. The molecule has 1 aromatic heterocycles. The predicted molar refractivity (Wildman–Crippen MR) is 79.2 cm³/mol. The summed E-state index contributed by atoms with van der Waals surface area (Å²) in [5.41, 5.74) is 2.08. The Hall–Kier alpha value is -1.36. The summed E-state index contributed by atoms with van der Waals surface area (Å²) < 4.78 is 10.3. The Morgan fingerprint density at radius 3 is 2.85 bits per heavy atom. The topological polar surface area (TPSA) is 56.0 Å². The van der Waals surface area contributed by atoms with E-state index in [-0.39, 0.29) is 5.63 Å². The molecular formula is C15H19ClNO3+. The Labute approximate surface area is 122 Å². The first-order chi connectivity index (χ1) is 9.51. The molecular weight excluding hydrogens is 278 g/mol. The number of halogens is 1. The number of fused-ring (bicyclic) bond motifs is 1. The lowest BCUT2D eigenvalue weighted by Gasteiger charge is -2.11. The Morgan fingerprint density at radius 2 is 2.15 bits per heavy atom. The third-order valence-electron chi connectivity index (χ3n) is 3.28. The van der Waals surface area contributed by atoms with E-state index in [4.69, 9.17) is 20.8 Å². The highest BCUT2D eigenvalue weighted by atomic mass is 35.5. The number of aryl methyl sites for hydroxylation is 1. The molecule has 0 amide bonds. The summed E-state index contributed by atoms with van der Waals surface area (Å²) in [4.78, 5) is 11.6. The molecule has 2 N–H and O–H groups in total. The van der Waals surface area contributed by atoms with Gasteiger partial charge in [0, 0.05) is 29.1 Å². The van der Waals surface area contributed by atoms with E-state index in [0.717, 1.165) is 16.5 Å². The van der Waals surface area contributed by atoms with Crippen molar-refractivity contribution >= 4 is 22.6 Å². The molecule has 20 heavy (non-hydrogen) atoms. The molecule has 1 aromatic carbocycles. The molecule has 0 aliphatic carbocycles. The third kappa shape index (κ3) is 3.39. The number of nitrogens with two attached hydrogens (primary N) is 1. The highest BCUT2D eigenvalue weighted by molar-refractivity contribution is 6.32. The Kier molecular flexibility index (Phi) is 4.81. The van der Waals surface area contributed by atoms with Gasteiger partial charge in [-0.05, 0) is 31.5 Å². The van der Waals surface area contributed by atoms with Crippen LogP contribution >= 0.6 is 11.6 Å². The number of benzene rings is 1. The van der Waals surface area contributed by atoms with Gasteiger partial charge >= 0.3 is 5.63 Å². The largest absolute Gasteiger partial charge is 0.423 e. The normalized spacial score (nSPS) is 12.8. The van der Waals surface area contributed by atoms with E-state index in [0.29, 0.717) is 29.8 Å². The number of ether oxygens (including phenoxy) is 1. The van der Waals surface area contributed by atoms with Crippen LogP contribution in [0, 0.1) is 6.92 Å². The smallest absolute Gasteiger partial charge is 0.336 e. The summed E-state index contributed by atoms with van der Waals surface area (Å²) in [6.45, 7) is 5.32. The second-order valence-corrected chi connectivity index (χ2v) is 5.47. The molecule has 0 bridgehead atoms. The van der Waals surface area contributed by atoms with Gasteiger partial charge in [-0.3, -0.25) is 0 Å². The second-order valence-electron chi connectivity index (χ2n) is 5.06. The molecule has 0 unspecified atom stereocenters. The van der Waals surface area contributed by atoms with E-state index in [2.05, 4.69) is 12.2 Å². The fourth-order valence-electron chi connectivity index (χ4n) is 2.18. The molecule has 0 radical (unpaired) electrons. The van der Waals surface area contributed by atoms with Crippen molar-refractivity contribution in [2.75, 3.05) is 13.7 Å². The van der Waals surface area contributed by atoms with Crippen molar-refractivity contribution in [3.63, 3.8) is 0 Å². The maximum Gasteiger partial charge on any atom is 0.336 e. The van der Waals surface area contributed by atoms with Gasteiger partial charge in [-0.25, -0.2) is 4.79 Å². The van der Waals surface area contributed by atoms with E-state index in [9.17, 15) is 4.79 Å². The Morgan fingerprint density at radius 1 is 1.40 bits per heavy atom. The summed E-state index contributed by atoms with van der Waals surface area (Å²) in [6.07, 6.45) is 0. The lowest BCUT2D eigenvalue weighted by atomic mass is 10.1. The molecule has 5 heteroatoms. The van der Waals surface area contributed by atoms with Crippen LogP contribution in [0.5, 0.6) is 0 Å². The maximum absolute atomic E-state index is 11.6. The van der Waals surface area contributed by atoms with Crippen LogP contribution in [-0.2, 0) is 11.3 Å². The van der Waals surface area contributed by atoms with Crippen LogP contribution < -0.4 is 10.9 Å². The van der Waals surface area contributed by atoms with Crippen LogP contribution in [0.1, 0.15) is 18.1 Å². The average molecular weight is 297 g/mol. The minimum absolute atomic E-state index is 0.322. The van der Waals surface area contributed by atoms with Crippen molar-refractivity contribution in [3.8, 4) is 0 Å². The van der Waals surface area contributed by atoms with Crippen molar-refractivity contribution in [1.82, 2.24) is 0 Å². The molecule has 1 atom stereocenters. The fourth-order valence-corrected chi connectivity index (χ4v) is 2.34. The first kappa shape index (κ1) is 15.0. The van der Waals surface area contributed by atoms with Crippen molar-refractivity contribution in [1.29, 1.82) is 0 Å². The van der Waals surface area contributed by atoms with E-state index < -0.39 is 0 Å². The molecule has 108 valence electrons. The van der Waals surface area contributed by atoms with Gasteiger partial charge in [-0.15, -0.1) is 0 Å². The molecule has 2 rings (SSSR count). The summed E-state index contributed by atoms with van der Waals surface area (Å²) in [7, 11) is 1.68. The van der Waals surface area contributed by atoms with Gasteiger partial charge in [0.1, 0.15) is 18.2 Å². The van der Waals surface area contributed by atoms with Gasteiger partial charge in [0.25, 0.3) is 0 Å². The van der Waals surface area contributed by atoms with Gasteiger partial charge in [0.2, 0.25) is 0 Å². The maximum atomic E-state index is 11.6. The van der Waals surface area contributed by atoms with Crippen LogP contribution in [0.4, 0.5) is 0 Å². The standard InChI is InChI=1S/C15H18ClNO3/c1-9-4-14-12(6-13(9)16)11(5-15(18)20-14)7-17-10(2)8-19-3/h4-6,10,17H,7-8H2,1-3H3/p+1/t10-/m1/s1. The van der Waals surface area contributed by atoms with E-state index in [1.165, 1.54) is 6.07 Å². The van der Waals surface area contributed by atoms with Crippen LogP contribution in [0.3, 0.4) is 0 Å². The van der Waals surface area contributed by atoms with Gasteiger partial charge in [0.05, 0.1) is 6.61 Å². The zero-order valence-corrected chi connectivity index (χ0v) is 12.7. The number of methoxy groups -OCH3 is 1. The van der Waals surface area contributed by atoms with Crippen molar-refractivity contribution < 1.29 is 14.5 Å². The highest BCUT2D eigenvalue weighted by Crippen LogP contribution is 2.24. The molecule has 0 saturated carbocycles. The number of quaternary nitrogens is 1. The summed E-state index contributed by atoms with van der Waals surface area (Å²) in [5.74, 6) is 0. The second kappa shape index (κ2) is 6.39. The monoisotopic (exact) mass is 296 g/mol. The molecule has 0 fully saturated rings. The summed E-state index contributed by atoms with van der Waals surface area (Å²) in [6, 6.07) is 5.52. The molecule has 0 spiro atoms. The lowest BCUT2D eigenvalue weighted by molar-refractivity contribution is -0.702. The lowest BCUT2D eigenvalue weighted by Crippen LogP contribution is -2.88. The highest BCUT2D eigenvalue weighted by Gasteiger charge is 2.11. The van der Waals surface area contributed by atoms with E-state index >= 15 is 0 Å². The number of rotatable bonds is 5. The SMILES string of the molecule is COC[C@@H](C)[NH2+]Cc1cc(=O)oc2cc(C)c(Cl)cc12. The van der Waals surface area contributed by atoms with E-state index in [1.807, 2.05) is 13.0 Å². The third-order valence-corrected chi connectivity index (χ3v) is 3.69. The van der Waals surface area contributed by atoms with Crippen molar-refractivity contribution in [2.24, 2.45) is 0 Å². The molecule has 0 saturated heterocycles. The minimum atomic E-state index is -0.331. The summed E-state index contributed by atoms with van der Waals surface area (Å²) in [5, 5.41) is 3.70. The minimum Gasteiger partial charge on any atom is -0.423 e.